The highest BCUT2D eigenvalue weighted by Crippen LogP contribution is 2.50. The highest BCUT2D eigenvalue weighted by atomic mass is 28.4. The minimum Gasteiger partial charge on any atom is -0.482 e. The molecule has 5 N–H and O–H groups in total. The summed E-state index contributed by atoms with van der Waals surface area (Å²) in [4.78, 5) is 85.6. The number of esters is 2. The molecule has 0 bridgehead atoms. The largest absolute Gasteiger partial charge is 0.482 e. The number of aliphatic carboxylic acids is 1. The van der Waals surface area contributed by atoms with Crippen LogP contribution < -0.4 is 26.0 Å². The number of hydrogen-bond acceptors (Lipinski definition) is 11. The Balaban J connectivity index is 1.28. The first-order valence-electron chi connectivity index (χ1n) is 24.3. The molecule has 0 spiro atoms. The Morgan fingerprint density at radius 1 is 0.836 bits per heavy atom. The van der Waals surface area contributed by atoms with Crippen molar-refractivity contribution in [1.82, 2.24) is 21.3 Å². The van der Waals surface area contributed by atoms with Gasteiger partial charge < -0.3 is 45.0 Å². The Morgan fingerprint density at radius 2 is 1.46 bits per heavy atom. The number of rotatable bonds is 27. The number of methoxy groups -OCH3 is 1. The van der Waals surface area contributed by atoms with Crippen LogP contribution in [0.25, 0.3) is 0 Å². The van der Waals surface area contributed by atoms with Gasteiger partial charge in [0.15, 0.2) is 14.9 Å². The summed E-state index contributed by atoms with van der Waals surface area (Å²) in [6, 6.07) is 4.59. The van der Waals surface area contributed by atoms with E-state index in [1.165, 1.54) is 24.8 Å². The van der Waals surface area contributed by atoms with Crippen LogP contribution in [-0.4, -0.2) is 106 Å². The molecule has 0 aromatic heterocycles. The number of benzene rings is 1. The lowest BCUT2D eigenvalue weighted by Gasteiger charge is -2.40. The van der Waals surface area contributed by atoms with Crippen molar-refractivity contribution in [3.63, 3.8) is 0 Å². The van der Waals surface area contributed by atoms with Crippen molar-refractivity contribution in [1.29, 1.82) is 0 Å². The number of fused-ring (bicyclic) bond motifs is 2. The Bertz CT molecular complexity index is 1930. The van der Waals surface area contributed by atoms with E-state index in [1.54, 1.807) is 0 Å². The van der Waals surface area contributed by atoms with Gasteiger partial charge >= 0.3 is 17.9 Å². The number of nitrogens with one attached hydrogen (secondary N) is 4. The number of carbonyl (C=O) groups is 7. The van der Waals surface area contributed by atoms with Crippen LogP contribution in [0.15, 0.2) is 42.5 Å². The Kier molecular flexibility index (Phi) is 21.6. The molecule has 2 unspecified atom stereocenters. The van der Waals surface area contributed by atoms with E-state index in [2.05, 4.69) is 68.1 Å². The molecule has 7 atom stereocenters. The maximum absolute atomic E-state index is 13.4. The minimum absolute atomic E-state index is 0.0725. The summed E-state index contributed by atoms with van der Waals surface area (Å²) in [6.07, 6.45) is 15.1. The molecule has 1 saturated carbocycles. The SMILES string of the molecule is CCCCC[C@@H](CC[C@@H]1[C@H]2Cc3cccc(OCC(=O)OC)c3C[C@H]2C[C@H]1OC(=O)/C=C/C(=O)NCCCCC1NC(=O)C(CCCCNC(=O)/C=C/C(=O)O)NC1=O)O[Si](C)(C)C(C)(C)C. The predicted molar refractivity (Wildman–Crippen MR) is 255 cm³/mol. The van der Waals surface area contributed by atoms with E-state index < -0.39 is 50.1 Å². The van der Waals surface area contributed by atoms with Crippen molar-refractivity contribution in [3.05, 3.63) is 53.6 Å². The summed E-state index contributed by atoms with van der Waals surface area (Å²) >= 11 is 0. The Morgan fingerprint density at radius 3 is 2.04 bits per heavy atom. The molecule has 2 fully saturated rings. The zero-order chi connectivity index (χ0) is 49.1. The number of carboxylic acid groups (broad SMARTS) is 1. The molecule has 0 radical (unpaired) electrons. The summed E-state index contributed by atoms with van der Waals surface area (Å²) in [5.74, 6) is -2.51. The zero-order valence-corrected chi connectivity index (χ0v) is 41.7. The van der Waals surface area contributed by atoms with Gasteiger partial charge in [-0.25, -0.2) is 14.4 Å². The first-order valence-corrected chi connectivity index (χ1v) is 27.2. The van der Waals surface area contributed by atoms with Gasteiger partial charge in [-0.1, -0.05) is 59.1 Å². The lowest BCUT2D eigenvalue weighted by Crippen LogP contribution is -2.61. The fraction of sp³-hybridized carbons (Fsp3) is 0.660. The molecule has 16 nitrogen and oxygen atoms in total. The molecule has 1 heterocycles. The summed E-state index contributed by atoms with van der Waals surface area (Å²) < 4.78 is 24.0. The average Bonchev–Trinajstić information content (AvgIpc) is 3.60. The summed E-state index contributed by atoms with van der Waals surface area (Å²) in [5, 5.41) is 19.6. The van der Waals surface area contributed by atoms with Crippen LogP contribution in [-0.2, 0) is 60.3 Å². The van der Waals surface area contributed by atoms with Gasteiger partial charge in [0.1, 0.15) is 23.9 Å². The van der Waals surface area contributed by atoms with Gasteiger partial charge in [-0.15, -0.1) is 0 Å². The molecular weight excluding hydrogens is 877 g/mol. The van der Waals surface area contributed by atoms with Gasteiger partial charge in [-0.3, -0.25) is 19.2 Å². The fourth-order valence-electron chi connectivity index (χ4n) is 9.15. The van der Waals surface area contributed by atoms with E-state index >= 15 is 0 Å². The molecule has 4 rings (SSSR count). The van der Waals surface area contributed by atoms with Crippen LogP contribution in [0, 0.1) is 17.8 Å². The minimum atomic E-state index is -2.05. The van der Waals surface area contributed by atoms with Gasteiger partial charge in [0.25, 0.3) is 0 Å². The van der Waals surface area contributed by atoms with Crippen LogP contribution >= 0.6 is 0 Å². The topological polar surface area (TPSA) is 225 Å². The summed E-state index contributed by atoms with van der Waals surface area (Å²) in [5.41, 5.74) is 2.25. The van der Waals surface area contributed by atoms with Gasteiger partial charge in [0.05, 0.1) is 7.11 Å². The number of unbranched alkanes of at least 4 members (excludes halogenated alkanes) is 4. The third kappa shape index (κ3) is 17.5. The van der Waals surface area contributed by atoms with E-state index in [1.807, 2.05) is 12.1 Å². The fourth-order valence-corrected chi connectivity index (χ4v) is 10.6. The molecule has 1 aliphatic heterocycles. The average molecular weight is 953 g/mol. The zero-order valence-electron chi connectivity index (χ0n) is 40.7. The molecule has 1 saturated heterocycles. The summed E-state index contributed by atoms with van der Waals surface area (Å²) in [6.45, 7) is 14.0. The smallest absolute Gasteiger partial charge is 0.343 e. The molecule has 1 aromatic rings. The molecule has 4 amide bonds. The number of hydrogen-bond donors (Lipinski definition) is 5. The van der Waals surface area contributed by atoms with E-state index in [0.717, 1.165) is 69.1 Å². The Labute approximate surface area is 397 Å². The third-order valence-corrected chi connectivity index (χ3v) is 18.4. The van der Waals surface area contributed by atoms with Crippen molar-refractivity contribution in [2.75, 3.05) is 26.8 Å². The second kappa shape index (κ2) is 26.5. The number of piperazine rings is 1. The summed E-state index contributed by atoms with van der Waals surface area (Å²) in [7, 11) is -0.715. The van der Waals surface area contributed by atoms with Crippen LogP contribution in [0.5, 0.6) is 5.75 Å². The Hall–Kier alpha value is -5.03. The highest BCUT2D eigenvalue weighted by Gasteiger charge is 2.48. The lowest BCUT2D eigenvalue weighted by atomic mass is 9.73. The van der Waals surface area contributed by atoms with E-state index in [9.17, 15) is 33.6 Å². The standard InChI is InChI=1S/C50H76N4O12Si/c1-8-9-10-17-35(66-67(6,7)50(2,3)4)21-22-36-37-29-33-16-15-20-41(64-32-47(60)63-5)38(33)30-34(37)31-42(36)65-46(59)26-24-44(56)52-28-14-12-19-40-49(62)53-39(48(61)54-40)18-11-13-27-51-43(55)23-25-45(57)58/h15-16,20,23-26,34-37,39-40,42H,8-14,17-19,21-22,27-32H2,1-7H3,(H,51,55)(H,52,56)(H,53,62)(H,54,61)(H,57,58)/b25-23+,26-24+/t34-,35-,36+,37-,39?,40?,42+/m0/s1. The maximum Gasteiger partial charge on any atom is 0.343 e. The van der Waals surface area contributed by atoms with Crippen molar-refractivity contribution in [2.45, 2.75) is 166 Å². The first-order chi connectivity index (χ1) is 31.8. The lowest BCUT2D eigenvalue weighted by molar-refractivity contribution is -0.145. The van der Waals surface area contributed by atoms with Crippen molar-refractivity contribution < 1.29 is 57.3 Å². The molecule has 3 aliphatic rings. The first kappa shape index (κ1) is 54.6. The molecule has 67 heavy (non-hydrogen) atoms. The quantitative estimate of drug-likeness (QED) is 0.0296. The number of amides is 4. The third-order valence-electron chi connectivity index (χ3n) is 13.8. The number of carboxylic acids is 1. The van der Waals surface area contributed by atoms with Crippen molar-refractivity contribution in [3.8, 4) is 5.75 Å². The van der Waals surface area contributed by atoms with E-state index in [-0.39, 0.29) is 53.4 Å². The predicted octanol–water partition coefficient (Wildman–Crippen LogP) is 6.01. The van der Waals surface area contributed by atoms with Gasteiger partial charge in [-0.2, -0.15) is 0 Å². The molecule has 372 valence electrons. The molecular formula is C50H76N4O12Si. The van der Waals surface area contributed by atoms with Gasteiger partial charge in [0.2, 0.25) is 23.6 Å². The van der Waals surface area contributed by atoms with Crippen molar-refractivity contribution in [2.24, 2.45) is 17.8 Å². The second-order valence-electron chi connectivity index (χ2n) is 19.7. The van der Waals surface area contributed by atoms with Crippen LogP contribution in [0.3, 0.4) is 0 Å². The van der Waals surface area contributed by atoms with E-state index in [0.29, 0.717) is 63.8 Å². The molecule has 2 aliphatic carbocycles. The second-order valence-corrected chi connectivity index (χ2v) is 24.5. The van der Waals surface area contributed by atoms with Gasteiger partial charge in [-0.05, 0) is 130 Å². The number of carbonyl (C=O) groups excluding carboxylic acids is 6. The monoisotopic (exact) mass is 953 g/mol. The molecule has 1 aromatic carbocycles. The highest BCUT2D eigenvalue weighted by molar-refractivity contribution is 6.74. The van der Waals surface area contributed by atoms with Crippen LogP contribution in [0.1, 0.15) is 122 Å². The van der Waals surface area contributed by atoms with E-state index in [4.69, 9.17) is 23.7 Å². The van der Waals surface area contributed by atoms with Gasteiger partial charge in [0, 0.05) is 43.5 Å². The van der Waals surface area contributed by atoms with Crippen molar-refractivity contribution >= 4 is 49.9 Å². The maximum atomic E-state index is 13.4. The number of ether oxygens (including phenoxy) is 3. The normalized spacial score (nSPS) is 22.0. The molecule has 17 heteroatoms. The van der Waals surface area contributed by atoms with Crippen LogP contribution in [0.2, 0.25) is 18.1 Å². The van der Waals surface area contributed by atoms with Crippen LogP contribution in [0.4, 0.5) is 0 Å².